The van der Waals surface area contributed by atoms with Gasteiger partial charge in [-0.25, -0.2) is 4.39 Å². The maximum absolute atomic E-state index is 13.3. The number of aliphatic carboxylic acids is 1. The van der Waals surface area contributed by atoms with Crippen LogP contribution < -0.4 is 10.5 Å². The number of nitrogens with two attached hydrogens (primary N) is 1. The number of amides is 1. The molecule has 0 fully saturated rings. The summed E-state index contributed by atoms with van der Waals surface area (Å²) < 4.78 is 18.6. The highest BCUT2D eigenvalue weighted by atomic mass is 19.1. The minimum atomic E-state index is -0.895. The topological polar surface area (TPSA) is 89.6 Å². The third kappa shape index (κ3) is 4.04. The van der Waals surface area contributed by atoms with Crippen molar-refractivity contribution in [1.29, 1.82) is 0 Å². The molecule has 1 aromatic carbocycles. The summed E-state index contributed by atoms with van der Waals surface area (Å²) in [4.78, 5) is 21.3. The Morgan fingerprint density at radius 1 is 1.33 bits per heavy atom. The molecule has 0 aliphatic carbocycles. The van der Waals surface area contributed by atoms with E-state index in [1.54, 1.807) is 0 Å². The first-order chi connectivity index (χ1) is 8.52. The third-order valence-electron chi connectivity index (χ3n) is 2.26. The number of hydrogen-bond donors (Lipinski definition) is 2. The highest BCUT2D eigenvalue weighted by Gasteiger charge is 2.14. The van der Waals surface area contributed by atoms with Gasteiger partial charge in [0.15, 0.2) is 0 Å². The molecule has 0 aliphatic rings. The number of ether oxygens (including phenoxy) is 1. The van der Waals surface area contributed by atoms with E-state index in [0.29, 0.717) is 12.8 Å². The second-order valence-corrected chi connectivity index (χ2v) is 3.68. The predicted octanol–water partition coefficient (Wildman–Crippen LogP) is 1.56. The molecule has 0 atom stereocenters. The molecular formula is C12H14FNO4. The Kier molecular flexibility index (Phi) is 5.10. The molecule has 6 heteroatoms. The lowest BCUT2D eigenvalue weighted by molar-refractivity contribution is -0.137. The number of carbonyl (C=O) groups is 2. The molecule has 0 saturated heterocycles. The van der Waals surface area contributed by atoms with E-state index in [0.717, 1.165) is 6.07 Å². The maximum atomic E-state index is 13.3. The summed E-state index contributed by atoms with van der Waals surface area (Å²) in [6, 6.07) is 3.98. The summed E-state index contributed by atoms with van der Waals surface area (Å²) in [6.45, 7) is 0.205. The predicted molar refractivity (Wildman–Crippen MR) is 61.9 cm³/mol. The number of carboxylic acids is 1. The van der Waals surface area contributed by atoms with Crippen molar-refractivity contribution < 1.29 is 23.8 Å². The third-order valence-corrected chi connectivity index (χ3v) is 2.26. The van der Waals surface area contributed by atoms with Crippen LogP contribution >= 0.6 is 0 Å². The minimum Gasteiger partial charge on any atom is -0.493 e. The number of rotatable bonds is 7. The molecule has 0 spiro atoms. The second kappa shape index (κ2) is 6.58. The molecule has 3 N–H and O–H groups in total. The van der Waals surface area contributed by atoms with E-state index in [4.69, 9.17) is 15.6 Å². The average molecular weight is 255 g/mol. The van der Waals surface area contributed by atoms with Crippen molar-refractivity contribution in [3.63, 3.8) is 0 Å². The molecule has 0 saturated carbocycles. The van der Waals surface area contributed by atoms with Crippen molar-refractivity contribution in [3.05, 3.63) is 29.6 Å². The van der Waals surface area contributed by atoms with Crippen LogP contribution in [0.1, 0.15) is 29.6 Å². The molecule has 0 aliphatic heterocycles. The molecule has 18 heavy (non-hydrogen) atoms. The van der Waals surface area contributed by atoms with Crippen LogP contribution in [0.4, 0.5) is 4.39 Å². The van der Waals surface area contributed by atoms with Crippen LogP contribution in [0.5, 0.6) is 5.75 Å². The molecule has 0 unspecified atom stereocenters. The van der Waals surface area contributed by atoms with Gasteiger partial charge in [0.2, 0.25) is 0 Å². The fourth-order valence-corrected chi connectivity index (χ4v) is 1.42. The van der Waals surface area contributed by atoms with E-state index < -0.39 is 17.7 Å². The van der Waals surface area contributed by atoms with E-state index in [-0.39, 0.29) is 24.3 Å². The molecular weight excluding hydrogens is 241 g/mol. The van der Waals surface area contributed by atoms with E-state index in [2.05, 4.69) is 0 Å². The van der Waals surface area contributed by atoms with Gasteiger partial charge in [-0.05, 0) is 25.0 Å². The highest BCUT2D eigenvalue weighted by molar-refractivity contribution is 5.95. The lowest BCUT2D eigenvalue weighted by atomic mass is 10.2. The molecule has 98 valence electrons. The molecule has 1 aromatic rings. The van der Waals surface area contributed by atoms with Crippen molar-refractivity contribution in [1.82, 2.24) is 0 Å². The van der Waals surface area contributed by atoms with Crippen molar-refractivity contribution in [2.45, 2.75) is 19.3 Å². The zero-order chi connectivity index (χ0) is 13.5. The molecule has 1 rings (SSSR count). The summed E-state index contributed by atoms with van der Waals surface area (Å²) in [7, 11) is 0. The number of halogens is 1. The fourth-order valence-electron chi connectivity index (χ4n) is 1.42. The van der Waals surface area contributed by atoms with E-state index in [1.807, 2.05) is 0 Å². The normalized spacial score (nSPS) is 10.1. The Hall–Kier alpha value is -2.11. The van der Waals surface area contributed by atoms with Crippen molar-refractivity contribution in [2.24, 2.45) is 5.73 Å². The van der Waals surface area contributed by atoms with Gasteiger partial charge in [-0.15, -0.1) is 0 Å². The second-order valence-electron chi connectivity index (χ2n) is 3.68. The zero-order valence-corrected chi connectivity index (χ0v) is 9.69. The number of carboxylic acid groups (broad SMARTS) is 1. The number of benzene rings is 1. The van der Waals surface area contributed by atoms with Gasteiger partial charge in [-0.3, -0.25) is 9.59 Å². The Morgan fingerprint density at radius 3 is 2.67 bits per heavy atom. The minimum absolute atomic E-state index is 0.0508. The Balaban J connectivity index is 2.54. The van der Waals surface area contributed by atoms with Crippen LogP contribution in [0, 0.1) is 5.82 Å². The summed E-state index contributed by atoms with van der Waals surface area (Å²) in [6.07, 6.45) is 1.01. The standard InChI is InChI=1S/C12H14FNO4/c13-8-4-3-5-9(11(8)12(14)17)18-7-2-1-6-10(15)16/h3-5H,1-2,6-7H2,(H2,14,17)(H,15,16). The van der Waals surface area contributed by atoms with Gasteiger partial charge in [0.05, 0.1) is 6.61 Å². The summed E-state index contributed by atoms with van der Waals surface area (Å²) in [5.74, 6) is -2.42. The van der Waals surface area contributed by atoms with Crippen LogP contribution in [0.15, 0.2) is 18.2 Å². The monoisotopic (exact) mass is 255 g/mol. The van der Waals surface area contributed by atoms with E-state index in [1.165, 1.54) is 12.1 Å². The van der Waals surface area contributed by atoms with E-state index in [9.17, 15) is 14.0 Å². The Labute approximate surface area is 103 Å². The number of hydrogen-bond acceptors (Lipinski definition) is 3. The first kappa shape index (κ1) is 14.0. The van der Waals surface area contributed by atoms with Gasteiger partial charge >= 0.3 is 5.97 Å². The summed E-state index contributed by atoms with van der Waals surface area (Å²) in [5, 5.41) is 8.43. The van der Waals surface area contributed by atoms with Gasteiger partial charge in [0.25, 0.3) is 5.91 Å². The van der Waals surface area contributed by atoms with E-state index >= 15 is 0 Å². The van der Waals surface area contributed by atoms with Crippen LogP contribution in [-0.2, 0) is 4.79 Å². The molecule has 0 bridgehead atoms. The smallest absolute Gasteiger partial charge is 0.303 e. The number of carbonyl (C=O) groups excluding carboxylic acids is 1. The van der Waals surface area contributed by atoms with Crippen LogP contribution in [0.3, 0.4) is 0 Å². The zero-order valence-electron chi connectivity index (χ0n) is 9.69. The summed E-state index contributed by atoms with van der Waals surface area (Å²) in [5.41, 5.74) is 4.77. The number of primary amides is 1. The van der Waals surface area contributed by atoms with Crippen LogP contribution in [0.2, 0.25) is 0 Å². The van der Waals surface area contributed by atoms with Crippen LogP contribution in [-0.4, -0.2) is 23.6 Å². The lowest BCUT2D eigenvalue weighted by Gasteiger charge is -2.09. The molecule has 5 nitrogen and oxygen atoms in total. The maximum Gasteiger partial charge on any atom is 0.303 e. The van der Waals surface area contributed by atoms with Gasteiger partial charge in [0, 0.05) is 6.42 Å². The molecule has 1 amide bonds. The quantitative estimate of drug-likeness (QED) is 0.723. The van der Waals surface area contributed by atoms with Crippen molar-refractivity contribution >= 4 is 11.9 Å². The molecule has 0 aromatic heterocycles. The summed E-state index contributed by atoms with van der Waals surface area (Å²) >= 11 is 0. The first-order valence-electron chi connectivity index (χ1n) is 5.45. The lowest BCUT2D eigenvalue weighted by Crippen LogP contribution is -2.15. The Morgan fingerprint density at radius 2 is 2.06 bits per heavy atom. The molecule has 0 heterocycles. The van der Waals surface area contributed by atoms with Gasteiger partial charge in [-0.2, -0.15) is 0 Å². The number of unbranched alkanes of at least 4 members (excludes halogenated alkanes) is 1. The van der Waals surface area contributed by atoms with Crippen LogP contribution in [0.25, 0.3) is 0 Å². The van der Waals surface area contributed by atoms with Gasteiger partial charge in [0.1, 0.15) is 17.1 Å². The highest BCUT2D eigenvalue weighted by Crippen LogP contribution is 2.21. The largest absolute Gasteiger partial charge is 0.493 e. The van der Waals surface area contributed by atoms with Crippen molar-refractivity contribution in [2.75, 3.05) is 6.61 Å². The first-order valence-corrected chi connectivity index (χ1v) is 5.45. The van der Waals surface area contributed by atoms with Gasteiger partial charge < -0.3 is 15.6 Å². The van der Waals surface area contributed by atoms with Gasteiger partial charge in [-0.1, -0.05) is 6.07 Å². The average Bonchev–Trinajstić information content (AvgIpc) is 2.27. The van der Waals surface area contributed by atoms with Crippen molar-refractivity contribution in [3.8, 4) is 5.75 Å². The molecule has 0 radical (unpaired) electrons. The SMILES string of the molecule is NC(=O)c1c(F)cccc1OCCCCC(=O)O. The fraction of sp³-hybridized carbons (Fsp3) is 0.333. The Bertz CT molecular complexity index is 448.